The van der Waals surface area contributed by atoms with E-state index in [1.165, 1.54) is 26.0 Å². The molecule has 2 aromatic carbocycles. The predicted octanol–water partition coefficient (Wildman–Crippen LogP) is 5.34. The number of rotatable bonds is 6. The molecule has 0 aliphatic rings. The summed E-state index contributed by atoms with van der Waals surface area (Å²) >= 11 is 5.81. The van der Waals surface area contributed by atoms with Crippen LogP contribution >= 0.6 is 11.6 Å². The molecule has 5 nitrogen and oxygen atoms in total. The van der Waals surface area contributed by atoms with E-state index in [4.69, 9.17) is 16.3 Å². The summed E-state index contributed by atoms with van der Waals surface area (Å²) < 4.78 is 63.3. The number of hydrogen-bond acceptors (Lipinski definition) is 4. The number of aryl methyl sites for hydroxylation is 2. The van der Waals surface area contributed by atoms with Crippen LogP contribution in [0.5, 0.6) is 0 Å². The summed E-state index contributed by atoms with van der Waals surface area (Å²) in [5.74, 6) is -3.49. The van der Waals surface area contributed by atoms with Gasteiger partial charge < -0.3 is 4.74 Å². The number of carbonyl (C=O) groups excluding carboxylic acids is 1. The van der Waals surface area contributed by atoms with E-state index in [1.807, 2.05) is 0 Å². The maximum Gasteiger partial charge on any atom is 0.325 e. The Morgan fingerprint density at radius 1 is 1.06 bits per heavy atom. The molecule has 0 bridgehead atoms. The van der Waals surface area contributed by atoms with Gasteiger partial charge in [-0.2, -0.15) is 4.72 Å². The standard InChI is InChI=1S/C23H28ClF2NO4S/c1-12-8-9-17(25)19(14(12)3)15(4)20(22(28)31-23(5,6)7)27-32(29,30)21-13(2)10-16(24)11-18(21)26/h8-11,15,20,27H,1-7H3/t15?,20-/m0/s1. The van der Waals surface area contributed by atoms with Crippen LogP contribution in [0.3, 0.4) is 0 Å². The first kappa shape index (κ1) is 26.2. The van der Waals surface area contributed by atoms with Crippen molar-refractivity contribution in [1.82, 2.24) is 4.72 Å². The molecule has 2 atom stereocenters. The number of hydrogen-bond donors (Lipinski definition) is 1. The molecule has 0 fully saturated rings. The summed E-state index contributed by atoms with van der Waals surface area (Å²) in [6, 6.07) is 3.52. The van der Waals surface area contributed by atoms with E-state index in [0.29, 0.717) is 5.56 Å². The van der Waals surface area contributed by atoms with Crippen molar-refractivity contribution in [3.05, 3.63) is 63.2 Å². The van der Waals surface area contributed by atoms with Crippen LogP contribution in [0.4, 0.5) is 8.78 Å². The van der Waals surface area contributed by atoms with Gasteiger partial charge >= 0.3 is 5.97 Å². The number of carbonyl (C=O) groups is 1. The van der Waals surface area contributed by atoms with Gasteiger partial charge in [-0.3, -0.25) is 4.79 Å². The zero-order valence-corrected chi connectivity index (χ0v) is 20.7. The zero-order valence-electron chi connectivity index (χ0n) is 19.1. The summed E-state index contributed by atoms with van der Waals surface area (Å²) in [7, 11) is -4.53. The Labute approximate surface area is 193 Å². The van der Waals surface area contributed by atoms with Crippen LogP contribution in [0.2, 0.25) is 5.02 Å². The SMILES string of the molecule is Cc1ccc(F)c(C(C)[C@H](NS(=O)(=O)c2c(C)cc(Cl)cc2F)C(=O)OC(C)(C)C)c1C. The molecule has 0 amide bonds. The van der Waals surface area contributed by atoms with Gasteiger partial charge in [0.25, 0.3) is 0 Å². The molecule has 9 heteroatoms. The highest BCUT2D eigenvalue weighted by atomic mass is 35.5. The molecule has 32 heavy (non-hydrogen) atoms. The lowest BCUT2D eigenvalue weighted by Crippen LogP contribution is -2.47. The summed E-state index contributed by atoms with van der Waals surface area (Å²) in [4.78, 5) is 12.4. The number of nitrogens with one attached hydrogen (secondary N) is 1. The quantitative estimate of drug-likeness (QED) is 0.558. The normalized spacial score (nSPS) is 14.2. The van der Waals surface area contributed by atoms with Crippen molar-refractivity contribution in [2.45, 2.75) is 70.9 Å². The molecule has 2 aromatic rings. The third-order valence-electron chi connectivity index (χ3n) is 5.09. The van der Waals surface area contributed by atoms with Crippen molar-refractivity contribution in [3.8, 4) is 0 Å². The molecular weight excluding hydrogens is 460 g/mol. The molecule has 0 spiro atoms. The Balaban J connectivity index is 2.61. The minimum absolute atomic E-state index is 0.0356. The Bertz CT molecular complexity index is 1120. The average molecular weight is 488 g/mol. The van der Waals surface area contributed by atoms with Gasteiger partial charge in [0.1, 0.15) is 28.2 Å². The van der Waals surface area contributed by atoms with Crippen molar-refractivity contribution in [2.24, 2.45) is 0 Å². The average Bonchev–Trinajstić information content (AvgIpc) is 2.60. The second kappa shape index (κ2) is 9.45. The van der Waals surface area contributed by atoms with Gasteiger partial charge in [-0.25, -0.2) is 17.2 Å². The highest BCUT2D eigenvalue weighted by Gasteiger charge is 2.37. The molecule has 0 aliphatic heterocycles. The van der Waals surface area contributed by atoms with Crippen LogP contribution in [0.15, 0.2) is 29.2 Å². The number of ether oxygens (including phenoxy) is 1. The number of halogens is 3. The Morgan fingerprint density at radius 3 is 2.19 bits per heavy atom. The van der Waals surface area contributed by atoms with Gasteiger partial charge in [0.2, 0.25) is 10.0 Å². The third kappa shape index (κ3) is 5.85. The van der Waals surface area contributed by atoms with Crippen LogP contribution in [-0.4, -0.2) is 26.0 Å². The van der Waals surface area contributed by atoms with Gasteiger partial charge in [-0.1, -0.05) is 24.6 Å². The van der Waals surface area contributed by atoms with Crippen LogP contribution in [-0.2, 0) is 19.6 Å². The lowest BCUT2D eigenvalue weighted by Gasteiger charge is -2.29. The fourth-order valence-electron chi connectivity index (χ4n) is 3.51. The first-order chi connectivity index (χ1) is 14.5. The summed E-state index contributed by atoms with van der Waals surface area (Å²) in [5.41, 5.74) is 0.674. The van der Waals surface area contributed by atoms with E-state index in [-0.39, 0.29) is 16.1 Å². The number of sulfonamides is 1. The van der Waals surface area contributed by atoms with Gasteiger partial charge in [-0.15, -0.1) is 0 Å². The fourth-order valence-corrected chi connectivity index (χ4v) is 5.32. The van der Waals surface area contributed by atoms with E-state index in [2.05, 4.69) is 4.72 Å². The van der Waals surface area contributed by atoms with E-state index in [9.17, 15) is 22.0 Å². The van der Waals surface area contributed by atoms with E-state index >= 15 is 0 Å². The molecule has 176 valence electrons. The molecule has 0 saturated carbocycles. The van der Waals surface area contributed by atoms with Crippen molar-refractivity contribution >= 4 is 27.6 Å². The summed E-state index contributed by atoms with van der Waals surface area (Å²) in [6.45, 7) is 11.3. The Hall–Kier alpha value is -2.03. The largest absolute Gasteiger partial charge is 0.459 e. The van der Waals surface area contributed by atoms with Gasteiger partial charge in [0, 0.05) is 10.9 Å². The molecule has 0 radical (unpaired) electrons. The topological polar surface area (TPSA) is 72.5 Å². The fraction of sp³-hybridized carbons (Fsp3) is 0.435. The second-order valence-electron chi connectivity index (χ2n) is 8.86. The molecule has 0 heterocycles. The second-order valence-corrected chi connectivity index (χ2v) is 10.9. The van der Waals surface area contributed by atoms with Crippen LogP contribution < -0.4 is 4.72 Å². The minimum atomic E-state index is -4.53. The summed E-state index contributed by atoms with van der Waals surface area (Å²) in [5, 5.41) is 0.0356. The lowest BCUT2D eigenvalue weighted by atomic mass is 9.88. The van der Waals surface area contributed by atoms with Crippen LogP contribution in [0.25, 0.3) is 0 Å². The highest BCUT2D eigenvalue weighted by molar-refractivity contribution is 7.89. The molecule has 0 aromatic heterocycles. The molecular formula is C23H28ClF2NO4S. The number of esters is 1. The molecule has 0 saturated heterocycles. The third-order valence-corrected chi connectivity index (χ3v) is 6.93. The predicted molar refractivity (Wildman–Crippen MR) is 120 cm³/mol. The molecule has 0 aliphatic carbocycles. The maximum atomic E-state index is 14.8. The van der Waals surface area contributed by atoms with Crippen molar-refractivity contribution in [3.63, 3.8) is 0 Å². The van der Waals surface area contributed by atoms with Gasteiger partial charge in [0.05, 0.1) is 0 Å². The first-order valence-electron chi connectivity index (χ1n) is 10.0. The number of benzene rings is 2. The minimum Gasteiger partial charge on any atom is -0.459 e. The smallest absolute Gasteiger partial charge is 0.325 e. The highest BCUT2D eigenvalue weighted by Crippen LogP contribution is 2.31. The first-order valence-corrected chi connectivity index (χ1v) is 11.9. The van der Waals surface area contributed by atoms with Crippen LogP contribution in [0.1, 0.15) is 55.9 Å². The van der Waals surface area contributed by atoms with E-state index in [0.717, 1.165) is 11.6 Å². The van der Waals surface area contributed by atoms with Crippen LogP contribution in [0, 0.1) is 32.4 Å². The van der Waals surface area contributed by atoms with E-state index in [1.54, 1.807) is 40.7 Å². The zero-order chi connectivity index (χ0) is 24.6. The van der Waals surface area contributed by atoms with E-state index < -0.39 is 50.1 Å². The van der Waals surface area contributed by atoms with Crippen molar-refractivity contribution in [2.75, 3.05) is 0 Å². The Morgan fingerprint density at radius 2 is 1.66 bits per heavy atom. The molecule has 1 N–H and O–H groups in total. The van der Waals surface area contributed by atoms with Gasteiger partial charge in [-0.05, 0) is 82.0 Å². The Kier molecular flexibility index (Phi) is 7.75. The maximum absolute atomic E-state index is 14.8. The monoisotopic (exact) mass is 487 g/mol. The molecule has 1 unspecified atom stereocenters. The molecule has 2 rings (SSSR count). The lowest BCUT2D eigenvalue weighted by molar-refractivity contribution is -0.157. The van der Waals surface area contributed by atoms with Crippen molar-refractivity contribution in [1.29, 1.82) is 0 Å². The van der Waals surface area contributed by atoms with Gasteiger partial charge in [0.15, 0.2) is 0 Å². The van der Waals surface area contributed by atoms with Crippen molar-refractivity contribution < 1.29 is 26.7 Å². The summed E-state index contributed by atoms with van der Waals surface area (Å²) in [6.07, 6.45) is 0.